The molecule has 0 saturated carbocycles. The van der Waals surface area contributed by atoms with Crippen molar-refractivity contribution < 1.29 is 9.74 Å². The normalized spacial score (nSPS) is 29.3. The first-order valence-corrected chi connectivity index (χ1v) is 2.25. The summed E-state index contributed by atoms with van der Waals surface area (Å²) < 4.78 is 0. The highest BCUT2D eigenvalue weighted by molar-refractivity contribution is 5.52. The zero-order chi connectivity index (χ0) is 5.28. The summed E-state index contributed by atoms with van der Waals surface area (Å²) in [4.78, 5) is 5.09. The van der Waals surface area contributed by atoms with Crippen LogP contribution in [0.3, 0.4) is 0 Å². The van der Waals surface area contributed by atoms with Crippen LogP contribution in [0.15, 0.2) is 0 Å². The van der Waals surface area contributed by atoms with Gasteiger partial charge in [0.2, 0.25) is 6.21 Å². The van der Waals surface area contributed by atoms with Crippen LogP contribution in [-0.2, 0) is 4.84 Å². The average Bonchev–Trinajstić information content (AvgIpc) is 1.87. The molecule has 1 unspecified atom stereocenters. The Bertz CT molecular complexity index is 99.9. The lowest BCUT2D eigenvalue weighted by atomic mass is 10.3. The van der Waals surface area contributed by atoms with E-state index in [9.17, 15) is 5.21 Å². The molecule has 3 nitrogen and oxygen atoms in total. The Balaban J connectivity index is 2.42. The molecule has 0 saturated heterocycles. The van der Waals surface area contributed by atoms with Crippen molar-refractivity contribution in [3.63, 3.8) is 0 Å². The molecule has 0 radical (unpaired) electrons. The minimum absolute atomic E-state index is 0.0810. The van der Waals surface area contributed by atoms with E-state index in [1.807, 2.05) is 6.92 Å². The van der Waals surface area contributed by atoms with Crippen LogP contribution in [0.2, 0.25) is 0 Å². The number of nitrogens with zero attached hydrogens (tertiary/aromatic N) is 1. The van der Waals surface area contributed by atoms with Gasteiger partial charge < -0.3 is 4.84 Å². The molecule has 0 aromatic heterocycles. The van der Waals surface area contributed by atoms with Crippen LogP contribution in [0.4, 0.5) is 0 Å². The third kappa shape index (κ3) is 0.824. The van der Waals surface area contributed by atoms with E-state index in [0.717, 1.165) is 6.42 Å². The van der Waals surface area contributed by atoms with E-state index in [4.69, 9.17) is 0 Å². The Morgan fingerprint density at radius 2 is 2.71 bits per heavy atom. The fraction of sp³-hybridized carbons (Fsp3) is 0.750. The molecule has 1 atom stereocenters. The topological polar surface area (TPSA) is 35.3 Å². The van der Waals surface area contributed by atoms with Crippen molar-refractivity contribution in [2.24, 2.45) is 0 Å². The van der Waals surface area contributed by atoms with E-state index in [1.54, 1.807) is 0 Å². The number of rotatable bonds is 0. The molecule has 7 heavy (non-hydrogen) atoms. The van der Waals surface area contributed by atoms with Crippen LogP contribution in [0.1, 0.15) is 13.3 Å². The molecule has 0 fully saturated rings. The summed E-state index contributed by atoms with van der Waals surface area (Å²) in [6.07, 6.45) is 2.30. The van der Waals surface area contributed by atoms with Crippen LogP contribution >= 0.6 is 0 Å². The lowest BCUT2D eigenvalue weighted by Crippen LogP contribution is -2.02. The van der Waals surface area contributed by atoms with Gasteiger partial charge in [-0.2, -0.15) is 0 Å². The van der Waals surface area contributed by atoms with Gasteiger partial charge in [-0.1, -0.05) is 0 Å². The van der Waals surface area contributed by atoms with Crippen molar-refractivity contribution in [3.05, 3.63) is 5.21 Å². The third-order valence-corrected chi connectivity index (χ3v) is 0.870. The van der Waals surface area contributed by atoms with Gasteiger partial charge in [-0.15, -0.1) is 0 Å². The van der Waals surface area contributed by atoms with Gasteiger partial charge in [0, 0.05) is 11.3 Å². The number of hydrogen-bond acceptors (Lipinski definition) is 2. The Hall–Kier alpha value is -0.730. The monoisotopic (exact) mass is 101 g/mol. The van der Waals surface area contributed by atoms with Crippen molar-refractivity contribution in [2.45, 2.75) is 19.4 Å². The van der Waals surface area contributed by atoms with Gasteiger partial charge >= 0.3 is 0 Å². The molecular weight excluding hydrogens is 94.0 g/mol. The molecule has 1 aliphatic rings. The average molecular weight is 101 g/mol. The smallest absolute Gasteiger partial charge is 0.211 e. The lowest BCUT2D eigenvalue weighted by Gasteiger charge is -2.01. The molecule has 0 bridgehead atoms. The predicted octanol–water partition coefficient (Wildman–Crippen LogP) is 0.291. The zero-order valence-electron chi connectivity index (χ0n) is 4.13. The van der Waals surface area contributed by atoms with Crippen molar-refractivity contribution in [1.29, 1.82) is 0 Å². The summed E-state index contributed by atoms with van der Waals surface area (Å²) >= 11 is 0. The fourth-order valence-electron chi connectivity index (χ4n) is 0.498. The highest BCUT2D eigenvalue weighted by atomic mass is 16.9. The minimum atomic E-state index is 0.0810. The summed E-state index contributed by atoms with van der Waals surface area (Å²) in [5, 5.41) is 10.1. The lowest BCUT2D eigenvalue weighted by molar-refractivity contribution is -0.737. The number of hydrogen-bond donors (Lipinski definition) is 0. The van der Waals surface area contributed by atoms with Gasteiger partial charge in [0.05, 0.1) is 6.10 Å². The summed E-state index contributed by atoms with van der Waals surface area (Å²) in [6.45, 7) is 1.86. The summed E-state index contributed by atoms with van der Waals surface area (Å²) in [6, 6.07) is 0. The molecule has 1 aliphatic heterocycles. The zero-order valence-corrected chi connectivity index (χ0v) is 4.13. The van der Waals surface area contributed by atoms with E-state index in [1.165, 1.54) is 6.21 Å². The van der Waals surface area contributed by atoms with Gasteiger partial charge in [0.1, 0.15) is 0 Å². The Labute approximate surface area is 41.7 Å². The van der Waals surface area contributed by atoms with E-state index in [2.05, 4.69) is 4.84 Å². The second-order valence-electron chi connectivity index (χ2n) is 1.62. The molecule has 3 heteroatoms. The maximum atomic E-state index is 10.1. The van der Waals surface area contributed by atoms with Gasteiger partial charge in [-0.25, -0.2) is 0 Å². The second-order valence-corrected chi connectivity index (χ2v) is 1.62. The minimum Gasteiger partial charge on any atom is -0.400 e. The summed E-state index contributed by atoms with van der Waals surface area (Å²) in [5.41, 5.74) is 0. The summed E-state index contributed by atoms with van der Waals surface area (Å²) in [7, 11) is 0. The van der Waals surface area contributed by atoms with E-state index >= 15 is 0 Å². The SMILES string of the molecule is CC1CC=[N+]([O-])O1. The van der Waals surface area contributed by atoms with E-state index in [0.29, 0.717) is 4.90 Å². The predicted molar refractivity (Wildman–Crippen MR) is 24.9 cm³/mol. The van der Waals surface area contributed by atoms with E-state index in [-0.39, 0.29) is 6.10 Å². The van der Waals surface area contributed by atoms with Crippen molar-refractivity contribution >= 4 is 6.21 Å². The van der Waals surface area contributed by atoms with E-state index < -0.39 is 0 Å². The molecule has 0 aliphatic carbocycles. The highest BCUT2D eigenvalue weighted by Crippen LogP contribution is 2.00. The first-order chi connectivity index (χ1) is 3.29. The first kappa shape index (κ1) is 4.43. The molecule has 1 rings (SSSR count). The molecular formula is C4H7NO2. The van der Waals surface area contributed by atoms with Crippen molar-refractivity contribution in [2.75, 3.05) is 0 Å². The molecule has 0 aromatic carbocycles. The quantitative estimate of drug-likeness (QED) is 0.411. The Morgan fingerprint density at radius 3 is 2.86 bits per heavy atom. The molecule has 0 amide bonds. The highest BCUT2D eigenvalue weighted by Gasteiger charge is 2.09. The van der Waals surface area contributed by atoms with Crippen LogP contribution in [0, 0.1) is 5.21 Å². The van der Waals surface area contributed by atoms with Crippen molar-refractivity contribution in [1.82, 2.24) is 0 Å². The Morgan fingerprint density at radius 1 is 2.00 bits per heavy atom. The summed E-state index contributed by atoms with van der Waals surface area (Å²) in [5.74, 6) is 0. The van der Waals surface area contributed by atoms with Crippen LogP contribution < -0.4 is 0 Å². The van der Waals surface area contributed by atoms with Gasteiger partial charge in [-0.05, 0) is 6.92 Å². The molecule has 40 valence electrons. The molecule has 0 spiro atoms. The van der Waals surface area contributed by atoms with Crippen LogP contribution in [0.5, 0.6) is 0 Å². The molecule has 0 aromatic rings. The largest absolute Gasteiger partial charge is 0.400 e. The van der Waals surface area contributed by atoms with Gasteiger partial charge in [0.25, 0.3) is 0 Å². The third-order valence-electron chi connectivity index (χ3n) is 0.870. The van der Waals surface area contributed by atoms with Crippen molar-refractivity contribution in [3.8, 4) is 0 Å². The standard InChI is InChI=1S/C4H7NO2/c1-4-2-3-5(6)7-4/h3-4H,2H2,1H3. The first-order valence-electron chi connectivity index (χ1n) is 2.25. The van der Waals surface area contributed by atoms with Gasteiger partial charge in [0.15, 0.2) is 0 Å². The molecule has 0 N–H and O–H groups in total. The van der Waals surface area contributed by atoms with Crippen LogP contribution in [0.25, 0.3) is 0 Å². The van der Waals surface area contributed by atoms with Crippen LogP contribution in [-0.4, -0.2) is 17.2 Å². The second kappa shape index (κ2) is 1.40. The maximum absolute atomic E-state index is 10.1. The fourth-order valence-corrected chi connectivity index (χ4v) is 0.498. The van der Waals surface area contributed by atoms with Gasteiger partial charge in [-0.3, -0.25) is 5.21 Å². The Kier molecular flexibility index (Phi) is 0.889. The maximum Gasteiger partial charge on any atom is 0.211 e. The molecule has 1 heterocycles.